The number of aromatic nitrogens is 2. The number of benzene rings is 2. The highest BCUT2D eigenvalue weighted by Crippen LogP contribution is 2.30. The summed E-state index contributed by atoms with van der Waals surface area (Å²) in [5.41, 5.74) is 3.03. The summed E-state index contributed by atoms with van der Waals surface area (Å²) >= 11 is 0. The lowest BCUT2D eigenvalue weighted by Gasteiger charge is -2.31. The summed E-state index contributed by atoms with van der Waals surface area (Å²) in [7, 11) is 5.35. The van der Waals surface area contributed by atoms with Crippen molar-refractivity contribution in [1.82, 2.24) is 14.5 Å². The first-order valence-electron chi connectivity index (χ1n) is 11.7. The highest BCUT2D eigenvalue weighted by atomic mass is 16.5. The van der Waals surface area contributed by atoms with Gasteiger partial charge in [0.1, 0.15) is 11.6 Å². The Morgan fingerprint density at radius 1 is 1.18 bits per heavy atom. The first kappa shape index (κ1) is 22.8. The number of rotatable bonds is 6. The molecule has 1 saturated carbocycles. The third-order valence-electron chi connectivity index (χ3n) is 6.67. The topological polar surface area (TPSA) is 76.5 Å². The molecule has 1 aromatic heterocycles. The number of anilines is 1. The normalized spacial score (nSPS) is 14.3. The number of methoxy groups -OCH3 is 1. The zero-order valence-corrected chi connectivity index (χ0v) is 19.9. The van der Waals surface area contributed by atoms with Gasteiger partial charge in [-0.3, -0.25) is 9.59 Å². The molecule has 0 unspecified atom stereocenters. The maximum atomic E-state index is 13.4. The Morgan fingerprint density at radius 3 is 2.61 bits per heavy atom. The van der Waals surface area contributed by atoms with Crippen molar-refractivity contribution in [2.24, 2.45) is 7.05 Å². The third-order valence-corrected chi connectivity index (χ3v) is 6.67. The van der Waals surface area contributed by atoms with Gasteiger partial charge in [0.2, 0.25) is 0 Å². The fourth-order valence-corrected chi connectivity index (χ4v) is 4.79. The lowest BCUT2D eigenvalue weighted by atomic mass is 9.94. The molecule has 1 heterocycles. The van der Waals surface area contributed by atoms with Gasteiger partial charge in [-0.2, -0.15) is 0 Å². The van der Waals surface area contributed by atoms with E-state index in [1.54, 1.807) is 31.4 Å². The largest absolute Gasteiger partial charge is 0.496 e. The average molecular weight is 449 g/mol. The van der Waals surface area contributed by atoms with E-state index in [1.165, 1.54) is 6.42 Å². The minimum atomic E-state index is -0.293. The number of nitrogens with one attached hydrogen (secondary N) is 1. The molecule has 0 saturated heterocycles. The number of amides is 2. The van der Waals surface area contributed by atoms with E-state index in [0.29, 0.717) is 28.1 Å². The molecular weight excluding hydrogens is 416 g/mol. The molecule has 4 rings (SSSR count). The first-order chi connectivity index (χ1) is 15.9. The predicted molar refractivity (Wildman–Crippen MR) is 130 cm³/mol. The summed E-state index contributed by atoms with van der Waals surface area (Å²) in [4.78, 5) is 33.2. The number of carbonyl (C=O) groups excluding carboxylic acids is 2. The van der Waals surface area contributed by atoms with Crippen molar-refractivity contribution in [3.05, 3.63) is 53.3 Å². The van der Waals surface area contributed by atoms with Gasteiger partial charge in [0, 0.05) is 32.1 Å². The predicted octanol–water partition coefficient (Wildman–Crippen LogP) is 4.80. The van der Waals surface area contributed by atoms with E-state index >= 15 is 0 Å². The molecule has 0 aliphatic heterocycles. The molecule has 174 valence electrons. The standard InChI is InChI=1S/C26H32N4O3/c1-5-23-27-20-15-17(26(32)29(2)18-11-7-6-8-12-18)16-21(24(20)30(23)3)28-25(31)19-13-9-10-14-22(19)33-4/h9-10,13-16,18H,5-8,11-12H2,1-4H3,(H,28,31). The van der Waals surface area contributed by atoms with Crippen LogP contribution in [0, 0.1) is 0 Å². The van der Waals surface area contributed by atoms with Crippen molar-refractivity contribution in [2.75, 3.05) is 19.5 Å². The van der Waals surface area contributed by atoms with Crippen molar-refractivity contribution in [3.63, 3.8) is 0 Å². The van der Waals surface area contributed by atoms with Crippen LogP contribution in [0.15, 0.2) is 36.4 Å². The van der Waals surface area contributed by atoms with Gasteiger partial charge in [-0.05, 0) is 37.1 Å². The van der Waals surface area contributed by atoms with Crippen LogP contribution in [0.4, 0.5) is 5.69 Å². The molecule has 2 amide bonds. The molecule has 0 atom stereocenters. The average Bonchev–Trinajstić information content (AvgIpc) is 3.19. The maximum Gasteiger partial charge on any atom is 0.259 e. The number of ether oxygens (including phenoxy) is 1. The van der Waals surface area contributed by atoms with Crippen LogP contribution in [0.1, 0.15) is 65.6 Å². The van der Waals surface area contributed by atoms with Crippen molar-refractivity contribution < 1.29 is 14.3 Å². The summed E-state index contributed by atoms with van der Waals surface area (Å²) in [6, 6.07) is 11.0. The van der Waals surface area contributed by atoms with Gasteiger partial charge in [-0.25, -0.2) is 4.98 Å². The Balaban J connectivity index is 1.74. The van der Waals surface area contributed by atoms with Gasteiger partial charge < -0.3 is 19.5 Å². The lowest BCUT2D eigenvalue weighted by Crippen LogP contribution is -2.38. The van der Waals surface area contributed by atoms with Gasteiger partial charge in [0.15, 0.2) is 0 Å². The lowest BCUT2D eigenvalue weighted by molar-refractivity contribution is 0.0696. The van der Waals surface area contributed by atoms with E-state index in [0.717, 1.165) is 43.4 Å². The van der Waals surface area contributed by atoms with E-state index < -0.39 is 0 Å². The Kier molecular flexibility index (Phi) is 6.67. The minimum Gasteiger partial charge on any atom is -0.496 e. The van der Waals surface area contributed by atoms with E-state index in [1.807, 2.05) is 42.6 Å². The fourth-order valence-electron chi connectivity index (χ4n) is 4.79. The number of carbonyl (C=O) groups is 2. The molecule has 33 heavy (non-hydrogen) atoms. The van der Waals surface area contributed by atoms with Gasteiger partial charge in [0.05, 0.1) is 29.4 Å². The number of imidazole rings is 1. The third kappa shape index (κ3) is 4.45. The van der Waals surface area contributed by atoms with Crippen molar-refractivity contribution >= 4 is 28.5 Å². The number of para-hydroxylation sites is 1. The zero-order chi connectivity index (χ0) is 23.5. The molecule has 2 aromatic carbocycles. The first-order valence-corrected chi connectivity index (χ1v) is 11.7. The fraction of sp³-hybridized carbons (Fsp3) is 0.423. The van der Waals surface area contributed by atoms with E-state index in [4.69, 9.17) is 9.72 Å². The summed E-state index contributed by atoms with van der Waals surface area (Å²) in [6.45, 7) is 2.04. The van der Waals surface area contributed by atoms with Crippen LogP contribution in [0.5, 0.6) is 5.75 Å². The van der Waals surface area contributed by atoms with E-state index in [-0.39, 0.29) is 17.9 Å². The number of hydrogen-bond donors (Lipinski definition) is 1. The molecule has 0 spiro atoms. The van der Waals surface area contributed by atoms with Gasteiger partial charge in [0.25, 0.3) is 11.8 Å². The Morgan fingerprint density at radius 2 is 1.91 bits per heavy atom. The van der Waals surface area contributed by atoms with Gasteiger partial charge >= 0.3 is 0 Å². The number of hydrogen-bond acceptors (Lipinski definition) is 4. The molecule has 7 nitrogen and oxygen atoms in total. The Bertz CT molecular complexity index is 1180. The highest BCUT2D eigenvalue weighted by Gasteiger charge is 2.25. The number of fused-ring (bicyclic) bond motifs is 1. The van der Waals surface area contributed by atoms with Crippen LogP contribution < -0.4 is 10.1 Å². The summed E-state index contributed by atoms with van der Waals surface area (Å²) < 4.78 is 7.34. The number of nitrogens with zero attached hydrogens (tertiary/aromatic N) is 3. The Labute approximate surface area is 194 Å². The molecule has 3 aromatic rings. The zero-order valence-electron chi connectivity index (χ0n) is 19.9. The van der Waals surface area contributed by atoms with Crippen molar-refractivity contribution in [2.45, 2.75) is 51.5 Å². The van der Waals surface area contributed by atoms with Crippen LogP contribution in [-0.4, -0.2) is 46.5 Å². The molecule has 7 heteroatoms. The molecule has 1 aliphatic carbocycles. The van der Waals surface area contributed by atoms with Crippen molar-refractivity contribution in [3.8, 4) is 5.75 Å². The summed E-state index contributed by atoms with van der Waals surface area (Å²) in [6.07, 6.45) is 6.36. The quantitative estimate of drug-likeness (QED) is 0.588. The maximum absolute atomic E-state index is 13.4. The van der Waals surface area contributed by atoms with Gasteiger partial charge in [-0.1, -0.05) is 38.3 Å². The van der Waals surface area contributed by atoms with Crippen LogP contribution in [0.25, 0.3) is 11.0 Å². The monoisotopic (exact) mass is 448 g/mol. The van der Waals surface area contributed by atoms with Crippen LogP contribution in [-0.2, 0) is 13.5 Å². The summed E-state index contributed by atoms with van der Waals surface area (Å²) in [5.74, 6) is 1.05. The van der Waals surface area contributed by atoms with Crippen molar-refractivity contribution in [1.29, 1.82) is 0 Å². The molecule has 0 bridgehead atoms. The highest BCUT2D eigenvalue weighted by molar-refractivity contribution is 6.11. The van der Waals surface area contributed by atoms with E-state index in [9.17, 15) is 9.59 Å². The second-order valence-corrected chi connectivity index (χ2v) is 8.69. The molecular formula is C26H32N4O3. The van der Waals surface area contributed by atoms with Crippen LogP contribution in [0.2, 0.25) is 0 Å². The second kappa shape index (κ2) is 9.65. The smallest absolute Gasteiger partial charge is 0.259 e. The second-order valence-electron chi connectivity index (χ2n) is 8.69. The molecule has 1 N–H and O–H groups in total. The number of aryl methyl sites for hydroxylation is 2. The minimum absolute atomic E-state index is 0.0414. The molecule has 1 aliphatic rings. The molecule has 0 radical (unpaired) electrons. The Hall–Kier alpha value is -3.35. The molecule has 1 fully saturated rings. The SMILES string of the molecule is CCc1nc2cc(C(=O)N(C)C3CCCCC3)cc(NC(=O)c3ccccc3OC)c2n1C. The van der Waals surface area contributed by atoms with E-state index in [2.05, 4.69) is 5.32 Å². The van der Waals surface area contributed by atoms with Crippen LogP contribution in [0.3, 0.4) is 0 Å². The van der Waals surface area contributed by atoms with Gasteiger partial charge in [-0.15, -0.1) is 0 Å². The summed E-state index contributed by atoms with van der Waals surface area (Å²) in [5, 5.41) is 3.02. The van der Waals surface area contributed by atoms with Crippen LogP contribution >= 0.6 is 0 Å².